The first kappa shape index (κ1) is 11.1. The van der Waals surface area contributed by atoms with Crippen LogP contribution < -0.4 is 10.6 Å². The Kier molecular flexibility index (Phi) is 3.56. The molecule has 0 spiro atoms. The lowest BCUT2D eigenvalue weighted by Gasteiger charge is -2.22. The second kappa shape index (κ2) is 5.12. The van der Waals surface area contributed by atoms with Crippen molar-refractivity contribution in [2.75, 3.05) is 43.9 Å². The summed E-state index contributed by atoms with van der Waals surface area (Å²) in [6, 6.07) is 1.81. The summed E-state index contributed by atoms with van der Waals surface area (Å²) in [6.07, 6.45) is 4.19. The minimum Gasteiger partial charge on any atom is -0.384 e. The monoisotopic (exact) mass is 221 g/mol. The van der Waals surface area contributed by atoms with E-state index in [0.717, 1.165) is 18.9 Å². The third-order valence-corrected chi connectivity index (χ3v) is 3.02. The second-order valence-corrected chi connectivity index (χ2v) is 4.27. The van der Waals surface area contributed by atoms with Crippen LogP contribution in [0.25, 0.3) is 0 Å². The third-order valence-electron chi connectivity index (χ3n) is 3.02. The van der Waals surface area contributed by atoms with Gasteiger partial charge in [0.1, 0.15) is 18.0 Å². The molecule has 1 fully saturated rings. The van der Waals surface area contributed by atoms with E-state index < -0.39 is 0 Å². The van der Waals surface area contributed by atoms with Crippen molar-refractivity contribution >= 4 is 11.6 Å². The van der Waals surface area contributed by atoms with Crippen LogP contribution in [0.2, 0.25) is 0 Å². The van der Waals surface area contributed by atoms with Gasteiger partial charge in [-0.25, -0.2) is 9.97 Å². The topological polar surface area (TPSA) is 58.3 Å². The van der Waals surface area contributed by atoms with Gasteiger partial charge < -0.3 is 15.5 Å². The van der Waals surface area contributed by atoms with Crippen LogP contribution in [0.3, 0.4) is 0 Å². The van der Waals surface area contributed by atoms with Gasteiger partial charge in [-0.2, -0.15) is 0 Å². The fourth-order valence-corrected chi connectivity index (χ4v) is 1.98. The average molecular weight is 221 g/mol. The van der Waals surface area contributed by atoms with Crippen molar-refractivity contribution in [1.82, 2.24) is 14.9 Å². The first-order valence-electron chi connectivity index (χ1n) is 5.77. The lowest BCUT2D eigenvalue weighted by Crippen LogP contribution is -2.31. The molecule has 5 heteroatoms. The number of likely N-dealkylation sites (tertiary alicyclic amines) is 1. The summed E-state index contributed by atoms with van der Waals surface area (Å²) in [5.41, 5.74) is 5.63. The summed E-state index contributed by atoms with van der Waals surface area (Å²) in [7, 11) is 2.04. The lowest BCUT2D eigenvalue weighted by molar-refractivity contribution is 0.346. The van der Waals surface area contributed by atoms with E-state index in [1.54, 1.807) is 0 Å². The number of anilines is 2. The molecule has 2 rings (SSSR count). The number of hydrogen-bond acceptors (Lipinski definition) is 5. The molecule has 1 saturated heterocycles. The Balaban J connectivity index is 1.85. The molecule has 1 aromatic heterocycles. The fourth-order valence-electron chi connectivity index (χ4n) is 1.98. The molecule has 0 aliphatic carbocycles. The van der Waals surface area contributed by atoms with Gasteiger partial charge in [-0.1, -0.05) is 0 Å². The number of nitrogens with zero attached hydrogens (tertiary/aromatic N) is 4. The van der Waals surface area contributed by atoms with E-state index in [9.17, 15) is 0 Å². The summed E-state index contributed by atoms with van der Waals surface area (Å²) in [6.45, 7) is 4.55. The molecular weight excluding hydrogens is 202 g/mol. The zero-order valence-corrected chi connectivity index (χ0v) is 9.76. The summed E-state index contributed by atoms with van der Waals surface area (Å²) in [5.74, 6) is 1.42. The molecule has 0 radical (unpaired) electrons. The van der Waals surface area contributed by atoms with Crippen molar-refractivity contribution in [3.05, 3.63) is 12.4 Å². The first-order chi connectivity index (χ1) is 7.75. The molecule has 1 aromatic rings. The van der Waals surface area contributed by atoms with Crippen LogP contribution in [0.15, 0.2) is 12.4 Å². The fraction of sp³-hybridized carbons (Fsp3) is 0.636. The quantitative estimate of drug-likeness (QED) is 0.806. The predicted molar refractivity (Wildman–Crippen MR) is 65.4 cm³/mol. The standard InChI is InChI=1S/C11H19N5/c1-15(6-7-16-4-2-3-5-16)11-8-10(12)13-9-14-11/h8-9H,2-7H2,1H3,(H2,12,13,14). The summed E-state index contributed by atoms with van der Waals surface area (Å²) < 4.78 is 0. The molecule has 16 heavy (non-hydrogen) atoms. The zero-order valence-electron chi connectivity index (χ0n) is 9.76. The van der Waals surface area contributed by atoms with Gasteiger partial charge in [-0.05, 0) is 25.9 Å². The Bertz CT molecular complexity index is 335. The first-order valence-corrected chi connectivity index (χ1v) is 5.77. The number of likely N-dealkylation sites (N-methyl/N-ethyl adjacent to an activating group) is 1. The van der Waals surface area contributed by atoms with Gasteiger partial charge in [-0.3, -0.25) is 0 Å². The van der Waals surface area contributed by atoms with Gasteiger partial charge in [-0.15, -0.1) is 0 Å². The zero-order chi connectivity index (χ0) is 11.4. The molecule has 0 bridgehead atoms. The van der Waals surface area contributed by atoms with E-state index in [4.69, 9.17) is 5.73 Å². The maximum Gasteiger partial charge on any atom is 0.133 e. The van der Waals surface area contributed by atoms with Gasteiger partial charge in [0.15, 0.2) is 0 Å². The van der Waals surface area contributed by atoms with Crippen LogP contribution in [0.5, 0.6) is 0 Å². The van der Waals surface area contributed by atoms with Crippen LogP contribution in [0.4, 0.5) is 11.6 Å². The smallest absolute Gasteiger partial charge is 0.133 e. The van der Waals surface area contributed by atoms with Gasteiger partial charge >= 0.3 is 0 Å². The predicted octanol–water partition coefficient (Wildman–Crippen LogP) is 0.591. The van der Waals surface area contributed by atoms with Crippen LogP contribution >= 0.6 is 0 Å². The summed E-state index contributed by atoms with van der Waals surface area (Å²) >= 11 is 0. The Morgan fingerprint density at radius 3 is 2.81 bits per heavy atom. The van der Waals surface area contributed by atoms with Crippen molar-refractivity contribution in [3.63, 3.8) is 0 Å². The van der Waals surface area contributed by atoms with Gasteiger partial charge in [0.25, 0.3) is 0 Å². The van der Waals surface area contributed by atoms with E-state index in [0.29, 0.717) is 5.82 Å². The Hall–Kier alpha value is -1.36. The van der Waals surface area contributed by atoms with Crippen molar-refractivity contribution < 1.29 is 0 Å². The number of nitrogen functional groups attached to an aromatic ring is 1. The Labute approximate surface area is 96.3 Å². The van der Waals surface area contributed by atoms with Crippen molar-refractivity contribution in [3.8, 4) is 0 Å². The normalized spacial score (nSPS) is 16.6. The van der Waals surface area contributed by atoms with Crippen molar-refractivity contribution in [2.45, 2.75) is 12.8 Å². The molecule has 2 N–H and O–H groups in total. The molecule has 0 aromatic carbocycles. The van der Waals surface area contributed by atoms with E-state index in [-0.39, 0.29) is 0 Å². The molecule has 1 aliphatic heterocycles. The largest absolute Gasteiger partial charge is 0.384 e. The van der Waals surface area contributed by atoms with E-state index in [1.807, 2.05) is 13.1 Å². The second-order valence-electron chi connectivity index (χ2n) is 4.27. The minimum atomic E-state index is 0.526. The molecule has 88 valence electrons. The van der Waals surface area contributed by atoms with Gasteiger partial charge in [0, 0.05) is 26.2 Å². The summed E-state index contributed by atoms with van der Waals surface area (Å²) in [4.78, 5) is 12.7. The number of aromatic nitrogens is 2. The maximum atomic E-state index is 5.63. The molecule has 0 saturated carbocycles. The molecule has 0 unspecified atom stereocenters. The van der Waals surface area contributed by atoms with Crippen LogP contribution in [-0.4, -0.2) is 48.1 Å². The highest BCUT2D eigenvalue weighted by Crippen LogP contribution is 2.11. The lowest BCUT2D eigenvalue weighted by atomic mass is 10.4. The highest BCUT2D eigenvalue weighted by atomic mass is 15.2. The van der Waals surface area contributed by atoms with Crippen LogP contribution in [0, 0.1) is 0 Å². The maximum absolute atomic E-state index is 5.63. The Morgan fingerprint density at radius 1 is 1.38 bits per heavy atom. The SMILES string of the molecule is CN(CCN1CCCC1)c1cc(N)ncn1. The molecule has 1 aliphatic rings. The van der Waals surface area contributed by atoms with Crippen molar-refractivity contribution in [2.24, 2.45) is 0 Å². The highest BCUT2D eigenvalue weighted by molar-refractivity contribution is 5.45. The van der Waals surface area contributed by atoms with Crippen LogP contribution in [-0.2, 0) is 0 Å². The van der Waals surface area contributed by atoms with Gasteiger partial charge in [0.05, 0.1) is 0 Å². The molecule has 2 heterocycles. The third kappa shape index (κ3) is 2.82. The number of hydrogen-bond donors (Lipinski definition) is 1. The minimum absolute atomic E-state index is 0.526. The molecule has 5 nitrogen and oxygen atoms in total. The van der Waals surface area contributed by atoms with E-state index >= 15 is 0 Å². The molecule has 0 atom stereocenters. The molecule has 0 amide bonds. The van der Waals surface area contributed by atoms with Crippen molar-refractivity contribution in [1.29, 1.82) is 0 Å². The van der Waals surface area contributed by atoms with Crippen LogP contribution in [0.1, 0.15) is 12.8 Å². The summed E-state index contributed by atoms with van der Waals surface area (Å²) in [5, 5.41) is 0. The van der Waals surface area contributed by atoms with Gasteiger partial charge in [0.2, 0.25) is 0 Å². The highest BCUT2D eigenvalue weighted by Gasteiger charge is 2.12. The molecular formula is C11H19N5. The van der Waals surface area contributed by atoms with E-state index in [2.05, 4.69) is 19.8 Å². The Morgan fingerprint density at radius 2 is 2.12 bits per heavy atom. The number of nitrogens with two attached hydrogens (primary N) is 1. The average Bonchev–Trinajstić information content (AvgIpc) is 2.78. The number of rotatable bonds is 4. The van der Waals surface area contributed by atoms with E-state index in [1.165, 1.54) is 32.3 Å².